The van der Waals surface area contributed by atoms with Crippen LogP contribution in [0.3, 0.4) is 0 Å². The molecule has 3 aliphatic heterocycles. The molecule has 1 aromatic carbocycles. The highest BCUT2D eigenvalue weighted by molar-refractivity contribution is 5.82. The molecular formula is C20H24N4O6. The van der Waals surface area contributed by atoms with Crippen molar-refractivity contribution in [2.45, 2.75) is 0 Å². The van der Waals surface area contributed by atoms with Gasteiger partial charge in [-0.05, 0) is 0 Å². The fourth-order valence-corrected chi connectivity index (χ4v) is 3.68. The maximum absolute atomic E-state index is 12.5. The average Bonchev–Trinajstić information content (AvgIpc) is 2.81. The summed E-state index contributed by atoms with van der Waals surface area (Å²) in [5, 5.41) is 0. The van der Waals surface area contributed by atoms with Crippen LogP contribution in [0.5, 0.6) is 17.4 Å². The van der Waals surface area contributed by atoms with Gasteiger partial charge in [-0.3, -0.25) is 4.79 Å². The van der Waals surface area contributed by atoms with Crippen molar-refractivity contribution >= 4 is 22.8 Å². The number of amides is 1. The minimum atomic E-state index is -0.0952. The number of aromatic nitrogens is 2. The smallest absolute Gasteiger partial charge is 0.260 e. The van der Waals surface area contributed by atoms with E-state index in [9.17, 15) is 4.79 Å². The Balaban J connectivity index is 1.44. The zero-order valence-corrected chi connectivity index (χ0v) is 16.7. The summed E-state index contributed by atoms with van der Waals surface area (Å²) >= 11 is 0. The highest BCUT2D eigenvalue weighted by Crippen LogP contribution is 2.36. The number of rotatable bonds is 4. The molecule has 0 atom stereocenters. The van der Waals surface area contributed by atoms with Crippen LogP contribution in [0.25, 0.3) is 11.0 Å². The summed E-state index contributed by atoms with van der Waals surface area (Å²) in [7, 11) is 0. The van der Waals surface area contributed by atoms with Crippen LogP contribution in [-0.2, 0) is 14.3 Å². The summed E-state index contributed by atoms with van der Waals surface area (Å²) in [5.74, 6) is 2.15. The quantitative estimate of drug-likeness (QED) is 0.705. The molecule has 160 valence electrons. The minimum Gasteiger partial charge on any atom is -0.486 e. The lowest BCUT2D eigenvalue weighted by Gasteiger charge is -2.29. The Morgan fingerprint density at radius 1 is 0.867 bits per heavy atom. The summed E-state index contributed by atoms with van der Waals surface area (Å²) in [5.41, 5.74) is 1.32. The Bertz CT molecular complexity index is 927. The van der Waals surface area contributed by atoms with E-state index in [0.717, 1.165) is 0 Å². The third-order valence-electron chi connectivity index (χ3n) is 5.29. The molecule has 0 N–H and O–H groups in total. The first-order valence-electron chi connectivity index (χ1n) is 10.2. The molecule has 1 aromatic heterocycles. The van der Waals surface area contributed by atoms with Crippen LogP contribution < -0.4 is 19.1 Å². The molecule has 10 heteroatoms. The van der Waals surface area contributed by atoms with Crippen molar-refractivity contribution in [2.75, 3.05) is 77.3 Å². The van der Waals surface area contributed by atoms with Gasteiger partial charge in [-0.1, -0.05) is 0 Å². The summed E-state index contributed by atoms with van der Waals surface area (Å²) < 4.78 is 28.0. The molecule has 0 spiro atoms. The Hall–Kier alpha value is -2.85. The predicted molar refractivity (Wildman–Crippen MR) is 106 cm³/mol. The summed E-state index contributed by atoms with van der Waals surface area (Å²) in [4.78, 5) is 25.8. The Kier molecular flexibility index (Phi) is 5.41. The van der Waals surface area contributed by atoms with Gasteiger partial charge in [-0.2, -0.15) is 0 Å². The normalized spacial score (nSPS) is 19.1. The predicted octanol–water partition coefficient (Wildman–Crippen LogP) is 0.475. The van der Waals surface area contributed by atoms with E-state index < -0.39 is 0 Å². The molecule has 10 nitrogen and oxygen atoms in total. The van der Waals surface area contributed by atoms with Crippen molar-refractivity contribution in [1.29, 1.82) is 0 Å². The number of hydrogen-bond acceptors (Lipinski definition) is 9. The van der Waals surface area contributed by atoms with Gasteiger partial charge in [0.25, 0.3) is 11.8 Å². The Morgan fingerprint density at radius 3 is 2.13 bits per heavy atom. The molecule has 2 saturated heterocycles. The van der Waals surface area contributed by atoms with E-state index in [-0.39, 0.29) is 12.5 Å². The number of fused-ring (bicyclic) bond motifs is 2. The fraction of sp³-hybridized carbons (Fsp3) is 0.550. The van der Waals surface area contributed by atoms with Gasteiger partial charge in [0, 0.05) is 38.3 Å². The van der Waals surface area contributed by atoms with E-state index in [0.29, 0.717) is 100 Å². The van der Waals surface area contributed by atoms with Gasteiger partial charge in [0.2, 0.25) is 0 Å². The largest absolute Gasteiger partial charge is 0.486 e. The van der Waals surface area contributed by atoms with Crippen LogP contribution in [0.15, 0.2) is 12.1 Å². The third-order valence-corrected chi connectivity index (χ3v) is 5.29. The molecule has 2 fully saturated rings. The van der Waals surface area contributed by atoms with Crippen molar-refractivity contribution in [1.82, 2.24) is 14.9 Å². The molecule has 0 aliphatic carbocycles. The number of morpholine rings is 2. The van der Waals surface area contributed by atoms with Gasteiger partial charge < -0.3 is 33.5 Å². The Morgan fingerprint density at radius 2 is 1.47 bits per heavy atom. The molecule has 1 amide bonds. The summed E-state index contributed by atoms with van der Waals surface area (Å²) in [6, 6.07) is 3.64. The van der Waals surface area contributed by atoms with Crippen LogP contribution in [-0.4, -0.2) is 93.2 Å². The molecule has 0 radical (unpaired) electrons. The standard InChI is InChI=1S/C20H24N4O6/c25-18(23-1-5-26-6-2-23)13-30-20-19(24-3-7-27-8-4-24)21-14-11-16-17(12-15(14)22-20)29-10-9-28-16/h11-12H,1-10,13H2. The van der Waals surface area contributed by atoms with Gasteiger partial charge in [-0.25, -0.2) is 9.97 Å². The first-order valence-corrected chi connectivity index (χ1v) is 10.2. The van der Waals surface area contributed by atoms with Gasteiger partial charge in [0.1, 0.15) is 13.2 Å². The third kappa shape index (κ3) is 3.92. The average molecular weight is 416 g/mol. The van der Waals surface area contributed by atoms with Gasteiger partial charge >= 0.3 is 0 Å². The topological polar surface area (TPSA) is 95.5 Å². The maximum atomic E-state index is 12.5. The van der Waals surface area contributed by atoms with E-state index in [2.05, 4.69) is 9.88 Å². The van der Waals surface area contributed by atoms with Crippen LogP contribution in [0.4, 0.5) is 5.82 Å². The Labute approximate surface area is 173 Å². The molecule has 0 bridgehead atoms. The molecule has 0 saturated carbocycles. The molecule has 3 aliphatic rings. The van der Waals surface area contributed by atoms with Crippen LogP contribution in [0.2, 0.25) is 0 Å². The van der Waals surface area contributed by atoms with Crippen LogP contribution >= 0.6 is 0 Å². The fourth-order valence-electron chi connectivity index (χ4n) is 3.68. The lowest BCUT2D eigenvalue weighted by molar-refractivity contribution is -0.137. The van der Waals surface area contributed by atoms with Gasteiger partial charge in [0.15, 0.2) is 23.9 Å². The van der Waals surface area contributed by atoms with Crippen molar-refractivity contribution in [3.05, 3.63) is 12.1 Å². The number of anilines is 1. The van der Waals surface area contributed by atoms with E-state index in [1.165, 1.54) is 0 Å². The number of carbonyl (C=O) groups excluding carboxylic acids is 1. The minimum absolute atomic E-state index is 0.0877. The van der Waals surface area contributed by atoms with Crippen LogP contribution in [0.1, 0.15) is 0 Å². The van der Waals surface area contributed by atoms with Crippen LogP contribution in [0, 0.1) is 0 Å². The van der Waals surface area contributed by atoms with E-state index in [1.54, 1.807) is 11.0 Å². The first-order chi connectivity index (χ1) is 14.8. The monoisotopic (exact) mass is 416 g/mol. The number of benzene rings is 1. The van der Waals surface area contributed by atoms with E-state index >= 15 is 0 Å². The maximum Gasteiger partial charge on any atom is 0.260 e. The SMILES string of the molecule is O=C(COc1nc2cc3c(cc2nc1N1CCOCC1)OCCO3)N1CCOCC1. The second kappa shape index (κ2) is 8.49. The molecule has 5 rings (SSSR count). The van der Waals surface area contributed by atoms with Crippen molar-refractivity contribution < 1.29 is 28.5 Å². The zero-order chi connectivity index (χ0) is 20.3. The lowest BCUT2D eigenvalue weighted by Crippen LogP contribution is -2.43. The van der Waals surface area contributed by atoms with Crippen molar-refractivity contribution in [2.24, 2.45) is 0 Å². The molecule has 30 heavy (non-hydrogen) atoms. The number of ether oxygens (including phenoxy) is 5. The molecular weight excluding hydrogens is 392 g/mol. The second-order valence-electron chi connectivity index (χ2n) is 7.22. The van der Waals surface area contributed by atoms with Gasteiger partial charge in [0.05, 0.1) is 37.5 Å². The highest BCUT2D eigenvalue weighted by Gasteiger charge is 2.24. The number of carbonyl (C=O) groups is 1. The molecule has 2 aromatic rings. The van der Waals surface area contributed by atoms with E-state index in [1.807, 2.05) is 6.07 Å². The summed E-state index contributed by atoms with van der Waals surface area (Å²) in [6.07, 6.45) is 0. The zero-order valence-electron chi connectivity index (χ0n) is 16.7. The summed E-state index contributed by atoms with van der Waals surface area (Å²) in [6.45, 7) is 5.72. The molecule has 4 heterocycles. The molecule has 0 unspecified atom stereocenters. The lowest BCUT2D eigenvalue weighted by atomic mass is 10.2. The van der Waals surface area contributed by atoms with Crippen molar-refractivity contribution in [3.8, 4) is 17.4 Å². The second-order valence-corrected chi connectivity index (χ2v) is 7.22. The van der Waals surface area contributed by atoms with E-state index in [4.69, 9.17) is 28.7 Å². The number of hydrogen-bond donors (Lipinski definition) is 0. The van der Waals surface area contributed by atoms with Crippen molar-refractivity contribution in [3.63, 3.8) is 0 Å². The number of nitrogens with zero attached hydrogens (tertiary/aromatic N) is 4. The first kappa shape index (κ1) is 19.1. The highest BCUT2D eigenvalue weighted by atomic mass is 16.6. The van der Waals surface area contributed by atoms with Gasteiger partial charge in [-0.15, -0.1) is 0 Å².